The molecular weight excluding hydrogens is 424 g/mol. The Morgan fingerprint density at radius 2 is 1.79 bits per heavy atom. The molecule has 4 aliphatic carbocycles. The maximum atomic E-state index is 12.7. The number of carbonyl (C=O) groups excluding carboxylic acids is 1. The molecule has 0 aromatic rings. The highest BCUT2D eigenvalue weighted by Crippen LogP contribution is 2.72. The minimum absolute atomic E-state index is 0.0357. The van der Waals surface area contributed by atoms with E-state index in [-0.39, 0.29) is 27.4 Å². The number of ketones is 1. The molecule has 4 heteroatoms. The van der Waals surface area contributed by atoms with Crippen LogP contribution in [0.5, 0.6) is 0 Å². The molecule has 5 aliphatic rings. The largest absolute Gasteiger partial charge is 0.390 e. The van der Waals surface area contributed by atoms with Crippen LogP contribution in [0.4, 0.5) is 0 Å². The molecule has 0 amide bonds. The van der Waals surface area contributed by atoms with Crippen LogP contribution >= 0.6 is 0 Å². The number of carbonyl (C=O) groups is 1. The molecule has 9 atom stereocenters. The van der Waals surface area contributed by atoms with Gasteiger partial charge in [0.25, 0.3) is 0 Å². The van der Waals surface area contributed by atoms with Gasteiger partial charge >= 0.3 is 0 Å². The van der Waals surface area contributed by atoms with E-state index in [4.69, 9.17) is 4.74 Å². The van der Waals surface area contributed by atoms with Crippen LogP contribution in [0.15, 0.2) is 23.8 Å². The molecule has 1 aliphatic heterocycles. The van der Waals surface area contributed by atoms with Crippen molar-refractivity contribution in [1.82, 2.24) is 0 Å². The number of aliphatic hydroxyl groups is 2. The maximum absolute atomic E-state index is 12.7. The summed E-state index contributed by atoms with van der Waals surface area (Å²) in [4.78, 5) is 12.7. The molecule has 34 heavy (non-hydrogen) atoms. The monoisotopic (exact) mass is 470 g/mol. The van der Waals surface area contributed by atoms with Crippen molar-refractivity contribution in [2.75, 3.05) is 6.61 Å². The maximum Gasteiger partial charge on any atom is 0.161 e. The Balaban J connectivity index is 1.44. The summed E-state index contributed by atoms with van der Waals surface area (Å²) in [6, 6.07) is 0. The van der Waals surface area contributed by atoms with E-state index in [1.54, 1.807) is 19.4 Å². The van der Waals surface area contributed by atoms with Crippen LogP contribution in [-0.2, 0) is 9.53 Å². The Kier molecular flexibility index (Phi) is 5.47. The second kappa shape index (κ2) is 7.52. The zero-order chi connectivity index (χ0) is 24.9. The van der Waals surface area contributed by atoms with E-state index in [0.717, 1.165) is 6.42 Å². The second-order valence-electron chi connectivity index (χ2n) is 14.2. The van der Waals surface area contributed by atoms with Crippen molar-refractivity contribution in [3.05, 3.63) is 23.8 Å². The Labute approximate surface area is 206 Å². The summed E-state index contributed by atoms with van der Waals surface area (Å²) in [7, 11) is 0. The summed E-state index contributed by atoms with van der Waals surface area (Å²) >= 11 is 0. The van der Waals surface area contributed by atoms with Gasteiger partial charge in [-0.1, -0.05) is 52.3 Å². The third kappa shape index (κ3) is 3.16. The molecule has 0 aromatic heterocycles. The van der Waals surface area contributed by atoms with Crippen molar-refractivity contribution >= 4 is 5.78 Å². The third-order valence-electron chi connectivity index (χ3n) is 11.8. The molecule has 0 radical (unpaired) electrons. The second-order valence-corrected chi connectivity index (χ2v) is 14.2. The summed E-state index contributed by atoms with van der Waals surface area (Å²) in [5, 5.41) is 21.3. The Morgan fingerprint density at radius 3 is 2.44 bits per heavy atom. The van der Waals surface area contributed by atoms with Crippen LogP contribution in [0.2, 0.25) is 0 Å². The molecular formula is C30H46O4. The lowest BCUT2D eigenvalue weighted by Crippen LogP contribution is -2.57. The molecule has 1 heterocycles. The lowest BCUT2D eigenvalue weighted by molar-refractivity contribution is -0.187. The summed E-state index contributed by atoms with van der Waals surface area (Å²) in [6.45, 7) is 15.8. The highest BCUT2D eigenvalue weighted by atomic mass is 16.5. The summed E-state index contributed by atoms with van der Waals surface area (Å²) in [5.74, 6) is 1.98. The smallest absolute Gasteiger partial charge is 0.161 e. The SMILES string of the molecule is CC(C)(O)C1OCC(C2CCC3(C)C4=CCC5C(C)(C)C(=O)C=CC5(C)C4CCC23C)CC1O. The van der Waals surface area contributed by atoms with Gasteiger partial charge in [0.1, 0.15) is 6.10 Å². The van der Waals surface area contributed by atoms with Crippen molar-refractivity contribution in [2.24, 2.45) is 45.3 Å². The molecule has 0 bridgehead atoms. The van der Waals surface area contributed by atoms with Gasteiger partial charge < -0.3 is 14.9 Å². The molecule has 4 nitrogen and oxygen atoms in total. The van der Waals surface area contributed by atoms with Crippen molar-refractivity contribution in [2.45, 2.75) is 105 Å². The molecule has 190 valence electrons. The number of ether oxygens (including phenoxy) is 1. The molecule has 0 spiro atoms. The minimum atomic E-state index is -1.03. The Bertz CT molecular complexity index is 925. The van der Waals surface area contributed by atoms with E-state index in [0.29, 0.717) is 36.7 Å². The lowest BCUT2D eigenvalue weighted by Gasteiger charge is -2.62. The number of hydrogen-bond acceptors (Lipinski definition) is 4. The molecule has 5 rings (SSSR count). The summed E-state index contributed by atoms with van der Waals surface area (Å²) in [6.07, 6.45) is 12.0. The molecule has 3 fully saturated rings. The lowest BCUT2D eigenvalue weighted by atomic mass is 9.42. The minimum Gasteiger partial charge on any atom is -0.390 e. The van der Waals surface area contributed by atoms with Gasteiger partial charge in [-0.15, -0.1) is 0 Å². The zero-order valence-electron chi connectivity index (χ0n) is 22.4. The third-order valence-corrected chi connectivity index (χ3v) is 11.8. The fourth-order valence-electron chi connectivity index (χ4n) is 9.63. The van der Waals surface area contributed by atoms with Crippen LogP contribution in [0.25, 0.3) is 0 Å². The fourth-order valence-corrected chi connectivity index (χ4v) is 9.63. The summed E-state index contributed by atoms with van der Waals surface area (Å²) < 4.78 is 6.11. The number of allylic oxidation sites excluding steroid dienone is 4. The fraction of sp³-hybridized carbons (Fsp3) is 0.833. The first-order valence-electron chi connectivity index (χ1n) is 13.6. The quantitative estimate of drug-likeness (QED) is 0.525. The number of aliphatic hydroxyl groups excluding tert-OH is 1. The van der Waals surface area contributed by atoms with Gasteiger partial charge in [0, 0.05) is 5.41 Å². The van der Waals surface area contributed by atoms with Crippen LogP contribution in [0, 0.1) is 45.3 Å². The predicted molar refractivity (Wildman–Crippen MR) is 134 cm³/mol. The Morgan fingerprint density at radius 1 is 1.09 bits per heavy atom. The van der Waals surface area contributed by atoms with Gasteiger partial charge in [-0.3, -0.25) is 4.79 Å². The topological polar surface area (TPSA) is 66.8 Å². The van der Waals surface area contributed by atoms with E-state index < -0.39 is 17.8 Å². The van der Waals surface area contributed by atoms with E-state index in [1.807, 2.05) is 6.08 Å². The van der Waals surface area contributed by atoms with Gasteiger partial charge in [-0.05, 0) is 98.4 Å². The Hall–Kier alpha value is -0.970. The zero-order valence-corrected chi connectivity index (χ0v) is 22.4. The molecule has 2 saturated carbocycles. The highest BCUT2D eigenvalue weighted by Gasteiger charge is 2.65. The molecule has 9 unspecified atom stereocenters. The van der Waals surface area contributed by atoms with Crippen LogP contribution in [0.3, 0.4) is 0 Å². The van der Waals surface area contributed by atoms with Crippen molar-refractivity contribution in [3.63, 3.8) is 0 Å². The van der Waals surface area contributed by atoms with Gasteiger partial charge in [0.2, 0.25) is 0 Å². The van der Waals surface area contributed by atoms with Crippen LogP contribution in [0.1, 0.15) is 87.0 Å². The average molecular weight is 471 g/mol. The molecule has 2 N–H and O–H groups in total. The summed E-state index contributed by atoms with van der Waals surface area (Å²) in [5.41, 5.74) is 0.664. The van der Waals surface area contributed by atoms with Gasteiger partial charge in [-0.25, -0.2) is 0 Å². The van der Waals surface area contributed by atoms with Gasteiger partial charge in [0.15, 0.2) is 5.78 Å². The average Bonchev–Trinajstić information content (AvgIpc) is 3.02. The highest BCUT2D eigenvalue weighted by molar-refractivity contribution is 5.95. The van der Waals surface area contributed by atoms with E-state index in [9.17, 15) is 15.0 Å². The normalized spacial score (nSPS) is 50.3. The number of fused-ring (bicyclic) bond motifs is 5. The number of hydrogen-bond donors (Lipinski definition) is 2. The number of rotatable bonds is 2. The van der Waals surface area contributed by atoms with Gasteiger partial charge in [-0.2, -0.15) is 0 Å². The van der Waals surface area contributed by atoms with Crippen molar-refractivity contribution < 1.29 is 19.7 Å². The first-order valence-corrected chi connectivity index (χ1v) is 13.6. The standard InChI is InChI=1S/C30H46O4/c1-26(2)23-9-8-21-20(28(23,5)13-12-24(26)32)11-15-29(6)19(10-14-30(21,29)7)18-16-22(31)25(34-17-18)27(3,4)33/h8,12-13,18-20,22-23,25,31,33H,9-11,14-17H2,1-7H3. The van der Waals surface area contributed by atoms with Crippen molar-refractivity contribution in [1.29, 1.82) is 0 Å². The van der Waals surface area contributed by atoms with Gasteiger partial charge in [0.05, 0.1) is 18.3 Å². The van der Waals surface area contributed by atoms with Crippen molar-refractivity contribution in [3.8, 4) is 0 Å². The first-order chi connectivity index (χ1) is 15.7. The van der Waals surface area contributed by atoms with E-state index in [1.165, 1.54) is 25.7 Å². The van der Waals surface area contributed by atoms with Crippen LogP contribution < -0.4 is 0 Å². The van der Waals surface area contributed by atoms with E-state index in [2.05, 4.69) is 46.8 Å². The molecule has 1 saturated heterocycles. The first kappa shape index (κ1) is 24.7. The molecule has 0 aromatic carbocycles. The predicted octanol–water partition coefficient (Wildman–Crippen LogP) is 5.47. The van der Waals surface area contributed by atoms with E-state index >= 15 is 0 Å². The van der Waals surface area contributed by atoms with Crippen LogP contribution in [-0.4, -0.2) is 40.4 Å².